The number of nitrogens with two attached hydrogens (primary N) is 1. The Bertz CT molecular complexity index is 307. The number of hydrogen-bond acceptors (Lipinski definition) is 2. The van der Waals surface area contributed by atoms with Crippen molar-refractivity contribution in [2.24, 2.45) is 5.73 Å². The molecule has 78 valence electrons. The summed E-state index contributed by atoms with van der Waals surface area (Å²) in [7, 11) is 0. The van der Waals surface area contributed by atoms with Crippen LogP contribution >= 0.6 is 11.6 Å². The van der Waals surface area contributed by atoms with E-state index in [9.17, 15) is 4.39 Å². The molecular weight excluding hydrogens is 205 g/mol. The maximum atomic E-state index is 13.4. The van der Waals surface area contributed by atoms with Gasteiger partial charge in [0.25, 0.3) is 0 Å². The summed E-state index contributed by atoms with van der Waals surface area (Å²) in [6.45, 7) is 2.34. The number of phenols is 1. The van der Waals surface area contributed by atoms with E-state index < -0.39 is 5.82 Å². The van der Waals surface area contributed by atoms with Crippen molar-refractivity contribution in [3.8, 4) is 5.75 Å². The van der Waals surface area contributed by atoms with Crippen LogP contribution in [0.15, 0.2) is 12.1 Å². The van der Waals surface area contributed by atoms with Gasteiger partial charge in [0.15, 0.2) is 0 Å². The topological polar surface area (TPSA) is 46.2 Å². The van der Waals surface area contributed by atoms with Gasteiger partial charge in [-0.05, 0) is 24.9 Å². The van der Waals surface area contributed by atoms with Crippen molar-refractivity contribution in [3.63, 3.8) is 0 Å². The minimum atomic E-state index is -0.476. The molecule has 1 aromatic rings. The summed E-state index contributed by atoms with van der Waals surface area (Å²) < 4.78 is 13.4. The molecule has 0 aliphatic heterocycles. The third-order valence-electron chi connectivity index (χ3n) is 2.16. The summed E-state index contributed by atoms with van der Waals surface area (Å²) in [6.07, 6.45) is 0.668. The highest BCUT2D eigenvalue weighted by molar-refractivity contribution is 6.31. The molecular formula is C10H13ClFNO. The maximum absolute atomic E-state index is 13.4. The molecule has 1 rings (SSSR count). The molecule has 3 N–H and O–H groups in total. The van der Waals surface area contributed by atoms with Crippen LogP contribution in [0.1, 0.15) is 24.8 Å². The lowest BCUT2D eigenvalue weighted by molar-refractivity contribution is 0.466. The second-order valence-corrected chi connectivity index (χ2v) is 3.71. The standard InChI is InChI=1S/C10H13ClFNO/c1-6(2-3-13)10-8(11)4-7(14)5-9(10)12/h4-6,14H,2-3,13H2,1H3. The SMILES string of the molecule is CC(CCN)c1c(F)cc(O)cc1Cl. The van der Waals surface area contributed by atoms with Crippen LogP contribution in [0, 0.1) is 5.82 Å². The molecule has 0 aliphatic carbocycles. The molecule has 1 atom stereocenters. The fraction of sp³-hybridized carbons (Fsp3) is 0.400. The zero-order chi connectivity index (χ0) is 10.7. The first-order valence-corrected chi connectivity index (χ1v) is 4.82. The van der Waals surface area contributed by atoms with E-state index in [4.69, 9.17) is 22.4 Å². The highest BCUT2D eigenvalue weighted by Crippen LogP contribution is 2.32. The Morgan fingerprint density at radius 3 is 2.71 bits per heavy atom. The van der Waals surface area contributed by atoms with Crippen LogP contribution in [0.5, 0.6) is 5.75 Å². The maximum Gasteiger partial charge on any atom is 0.131 e. The van der Waals surface area contributed by atoms with Crippen LogP contribution in [0.25, 0.3) is 0 Å². The second kappa shape index (κ2) is 4.62. The van der Waals surface area contributed by atoms with Crippen molar-refractivity contribution in [1.82, 2.24) is 0 Å². The van der Waals surface area contributed by atoms with E-state index in [1.807, 2.05) is 6.92 Å². The molecule has 0 spiro atoms. The van der Waals surface area contributed by atoms with Gasteiger partial charge in [0.05, 0.1) is 5.02 Å². The number of benzene rings is 1. The number of phenolic OH excluding ortho intramolecular Hbond substituents is 1. The smallest absolute Gasteiger partial charge is 0.131 e. The molecule has 0 saturated heterocycles. The lowest BCUT2D eigenvalue weighted by Crippen LogP contribution is -2.06. The number of hydrogen-bond donors (Lipinski definition) is 2. The average molecular weight is 218 g/mol. The molecule has 0 heterocycles. The summed E-state index contributed by atoms with van der Waals surface area (Å²) >= 11 is 5.82. The van der Waals surface area contributed by atoms with Crippen molar-refractivity contribution in [2.45, 2.75) is 19.3 Å². The van der Waals surface area contributed by atoms with Crippen molar-refractivity contribution < 1.29 is 9.50 Å². The third-order valence-corrected chi connectivity index (χ3v) is 2.47. The predicted octanol–water partition coefficient (Wildman–Crippen LogP) is 2.64. The summed E-state index contributed by atoms with van der Waals surface area (Å²) in [5.41, 5.74) is 5.81. The molecule has 0 radical (unpaired) electrons. The summed E-state index contributed by atoms with van der Waals surface area (Å²) in [5.74, 6) is -0.666. The Kier molecular flexibility index (Phi) is 3.72. The van der Waals surface area contributed by atoms with Gasteiger partial charge in [-0.3, -0.25) is 0 Å². The molecule has 0 fully saturated rings. The van der Waals surface area contributed by atoms with Gasteiger partial charge in [0.1, 0.15) is 11.6 Å². The van der Waals surface area contributed by atoms with Crippen molar-refractivity contribution >= 4 is 11.6 Å². The summed E-state index contributed by atoms with van der Waals surface area (Å²) in [5, 5.41) is 9.33. The van der Waals surface area contributed by atoms with E-state index in [0.29, 0.717) is 18.5 Å². The van der Waals surface area contributed by atoms with E-state index in [-0.39, 0.29) is 16.7 Å². The van der Waals surface area contributed by atoms with E-state index in [2.05, 4.69) is 0 Å². The number of rotatable bonds is 3. The Balaban J connectivity index is 3.07. The Morgan fingerprint density at radius 1 is 1.57 bits per heavy atom. The minimum absolute atomic E-state index is 0.0342. The molecule has 0 aliphatic rings. The third kappa shape index (κ3) is 2.36. The molecule has 2 nitrogen and oxygen atoms in total. The monoisotopic (exact) mass is 217 g/mol. The first kappa shape index (κ1) is 11.3. The van der Waals surface area contributed by atoms with Crippen LogP contribution in [-0.2, 0) is 0 Å². The number of halogens is 2. The number of aromatic hydroxyl groups is 1. The van der Waals surface area contributed by atoms with Gasteiger partial charge < -0.3 is 10.8 Å². The highest BCUT2D eigenvalue weighted by atomic mass is 35.5. The summed E-state index contributed by atoms with van der Waals surface area (Å²) in [6, 6.07) is 2.40. The second-order valence-electron chi connectivity index (χ2n) is 3.30. The molecule has 4 heteroatoms. The molecule has 1 aromatic carbocycles. The van der Waals surface area contributed by atoms with Gasteiger partial charge in [-0.1, -0.05) is 18.5 Å². The normalized spacial score (nSPS) is 12.9. The van der Waals surface area contributed by atoms with Crippen LogP contribution in [0.3, 0.4) is 0 Å². The van der Waals surface area contributed by atoms with E-state index >= 15 is 0 Å². The van der Waals surface area contributed by atoms with E-state index in [1.54, 1.807) is 0 Å². The van der Waals surface area contributed by atoms with Gasteiger partial charge in [-0.2, -0.15) is 0 Å². The largest absolute Gasteiger partial charge is 0.508 e. The highest BCUT2D eigenvalue weighted by Gasteiger charge is 2.15. The fourth-order valence-corrected chi connectivity index (χ4v) is 1.82. The van der Waals surface area contributed by atoms with Crippen LogP contribution in [-0.4, -0.2) is 11.7 Å². The first-order chi connectivity index (χ1) is 6.56. The minimum Gasteiger partial charge on any atom is -0.508 e. The van der Waals surface area contributed by atoms with Gasteiger partial charge >= 0.3 is 0 Å². The zero-order valence-electron chi connectivity index (χ0n) is 7.93. The van der Waals surface area contributed by atoms with Crippen molar-refractivity contribution in [3.05, 3.63) is 28.5 Å². The first-order valence-electron chi connectivity index (χ1n) is 4.44. The van der Waals surface area contributed by atoms with Gasteiger partial charge in [-0.15, -0.1) is 0 Å². The van der Waals surface area contributed by atoms with Gasteiger partial charge in [0, 0.05) is 11.6 Å². The quantitative estimate of drug-likeness (QED) is 0.818. The zero-order valence-corrected chi connectivity index (χ0v) is 8.68. The van der Waals surface area contributed by atoms with Crippen LogP contribution in [0.2, 0.25) is 5.02 Å². The molecule has 14 heavy (non-hydrogen) atoms. The fourth-order valence-electron chi connectivity index (χ4n) is 1.44. The Hall–Kier alpha value is -0.800. The predicted molar refractivity (Wildman–Crippen MR) is 55.2 cm³/mol. The summed E-state index contributed by atoms with van der Waals surface area (Å²) in [4.78, 5) is 0. The lowest BCUT2D eigenvalue weighted by Gasteiger charge is -2.13. The molecule has 0 bridgehead atoms. The molecule has 1 unspecified atom stereocenters. The Labute approximate surface area is 87.5 Å². The lowest BCUT2D eigenvalue weighted by atomic mass is 9.97. The molecule has 0 saturated carbocycles. The van der Waals surface area contributed by atoms with Gasteiger partial charge in [-0.25, -0.2) is 4.39 Å². The van der Waals surface area contributed by atoms with Gasteiger partial charge in [0.2, 0.25) is 0 Å². The van der Waals surface area contributed by atoms with E-state index in [1.165, 1.54) is 6.07 Å². The molecule has 0 aromatic heterocycles. The van der Waals surface area contributed by atoms with E-state index in [0.717, 1.165) is 6.07 Å². The van der Waals surface area contributed by atoms with Crippen LogP contribution in [0.4, 0.5) is 4.39 Å². The Morgan fingerprint density at radius 2 is 2.21 bits per heavy atom. The molecule has 0 amide bonds. The van der Waals surface area contributed by atoms with Crippen LogP contribution < -0.4 is 5.73 Å². The van der Waals surface area contributed by atoms with Crippen molar-refractivity contribution in [1.29, 1.82) is 0 Å². The average Bonchev–Trinajstić information content (AvgIpc) is 2.01. The van der Waals surface area contributed by atoms with Crippen molar-refractivity contribution in [2.75, 3.05) is 6.54 Å².